The molecule has 0 aliphatic rings. The predicted octanol–water partition coefficient (Wildman–Crippen LogP) is 4.65. The van der Waals surface area contributed by atoms with Gasteiger partial charge in [0.15, 0.2) is 0 Å². The number of aromatic nitrogens is 1. The summed E-state index contributed by atoms with van der Waals surface area (Å²) in [5.74, 6) is 0.223. The number of H-pyrrole nitrogens is 1. The number of benzene rings is 2. The summed E-state index contributed by atoms with van der Waals surface area (Å²) < 4.78 is 18.7. The molecule has 0 radical (unpaired) electrons. The van der Waals surface area contributed by atoms with Crippen molar-refractivity contribution >= 4 is 16.7 Å². The number of fused-ring (bicyclic) bond motifs is 1. The van der Waals surface area contributed by atoms with Gasteiger partial charge in [0, 0.05) is 22.0 Å². The molecule has 0 bridgehead atoms. The summed E-state index contributed by atoms with van der Waals surface area (Å²) in [6, 6.07) is 11.6. The number of rotatable bonds is 4. The summed E-state index contributed by atoms with van der Waals surface area (Å²) in [6.45, 7) is 8.35. The van der Waals surface area contributed by atoms with Crippen molar-refractivity contribution in [2.24, 2.45) is 0 Å². The summed E-state index contributed by atoms with van der Waals surface area (Å²) in [4.78, 5) is 15.3. The molecule has 1 N–H and O–H groups in total. The third-order valence-corrected chi connectivity index (χ3v) is 3.88. The first kappa shape index (κ1) is 16.0. The second-order valence-corrected chi connectivity index (χ2v) is 5.65. The highest BCUT2D eigenvalue weighted by Gasteiger charge is 2.12. The standard InChI is InChI=1S/C20H18FNO2/c1-4-24-13(3)16-9-12(2)10-19-18(16)11-17(20(23)22-19)14-5-7-15(21)8-6-14/h5-11H,3-4H2,1-2H3,(H,22,23). The number of aromatic amines is 1. The van der Waals surface area contributed by atoms with Gasteiger partial charge >= 0.3 is 0 Å². The Bertz CT molecular complexity index is 971. The molecule has 3 aromatic rings. The second-order valence-electron chi connectivity index (χ2n) is 5.65. The van der Waals surface area contributed by atoms with Crippen molar-refractivity contribution in [1.82, 2.24) is 4.98 Å². The van der Waals surface area contributed by atoms with Gasteiger partial charge in [-0.15, -0.1) is 0 Å². The number of hydrogen-bond donors (Lipinski definition) is 1. The van der Waals surface area contributed by atoms with Crippen molar-refractivity contribution in [3.63, 3.8) is 0 Å². The summed E-state index contributed by atoms with van der Waals surface area (Å²) in [6.07, 6.45) is 0. The van der Waals surface area contributed by atoms with Crippen LogP contribution in [0.1, 0.15) is 18.1 Å². The molecule has 1 heterocycles. The maximum atomic E-state index is 13.1. The van der Waals surface area contributed by atoms with E-state index in [1.165, 1.54) is 12.1 Å². The van der Waals surface area contributed by atoms with Gasteiger partial charge in [0.1, 0.15) is 11.6 Å². The number of aryl methyl sites for hydroxylation is 1. The van der Waals surface area contributed by atoms with Crippen LogP contribution in [0.25, 0.3) is 27.8 Å². The third-order valence-electron chi connectivity index (χ3n) is 3.88. The van der Waals surface area contributed by atoms with Crippen LogP contribution in [0.4, 0.5) is 4.39 Å². The van der Waals surface area contributed by atoms with Crippen molar-refractivity contribution in [1.29, 1.82) is 0 Å². The summed E-state index contributed by atoms with van der Waals surface area (Å²) in [7, 11) is 0. The minimum atomic E-state index is -0.336. The number of hydrogen-bond acceptors (Lipinski definition) is 2. The summed E-state index contributed by atoms with van der Waals surface area (Å²) in [5.41, 5.74) is 3.49. The zero-order chi connectivity index (χ0) is 17.3. The Kier molecular flexibility index (Phi) is 4.21. The van der Waals surface area contributed by atoms with Gasteiger partial charge in [-0.2, -0.15) is 0 Å². The van der Waals surface area contributed by atoms with E-state index >= 15 is 0 Å². The molecular formula is C20H18FNO2. The Morgan fingerprint density at radius 1 is 1.21 bits per heavy atom. The van der Waals surface area contributed by atoms with E-state index in [1.807, 2.05) is 26.0 Å². The molecule has 0 spiro atoms. The van der Waals surface area contributed by atoms with Crippen molar-refractivity contribution < 1.29 is 9.13 Å². The fraction of sp³-hybridized carbons (Fsp3) is 0.150. The van der Waals surface area contributed by atoms with E-state index in [2.05, 4.69) is 11.6 Å². The highest BCUT2D eigenvalue weighted by Crippen LogP contribution is 2.28. The van der Waals surface area contributed by atoms with Gasteiger partial charge in [0.2, 0.25) is 0 Å². The molecular weight excluding hydrogens is 305 g/mol. The van der Waals surface area contributed by atoms with Gasteiger partial charge in [-0.25, -0.2) is 4.39 Å². The van der Waals surface area contributed by atoms with Crippen LogP contribution in [0.3, 0.4) is 0 Å². The Hall–Kier alpha value is -2.88. The van der Waals surface area contributed by atoms with Crippen LogP contribution >= 0.6 is 0 Å². The predicted molar refractivity (Wildman–Crippen MR) is 95.4 cm³/mol. The molecule has 0 atom stereocenters. The van der Waals surface area contributed by atoms with E-state index in [0.717, 1.165) is 22.0 Å². The smallest absolute Gasteiger partial charge is 0.256 e. The Morgan fingerprint density at radius 2 is 1.92 bits per heavy atom. The molecule has 0 aliphatic carbocycles. The van der Waals surface area contributed by atoms with Gasteiger partial charge < -0.3 is 9.72 Å². The number of pyridine rings is 1. The van der Waals surface area contributed by atoms with E-state index in [-0.39, 0.29) is 11.4 Å². The lowest BCUT2D eigenvalue weighted by Gasteiger charge is -2.13. The second kappa shape index (κ2) is 6.32. The molecule has 0 saturated heterocycles. The Balaban J connectivity index is 2.26. The van der Waals surface area contributed by atoms with Crippen LogP contribution in [-0.4, -0.2) is 11.6 Å². The SMILES string of the molecule is C=C(OCC)c1cc(C)cc2[nH]c(=O)c(-c3ccc(F)cc3)cc12. The summed E-state index contributed by atoms with van der Waals surface area (Å²) in [5, 5.41) is 0.845. The molecule has 1 aromatic heterocycles. The summed E-state index contributed by atoms with van der Waals surface area (Å²) >= 11 is 0. The maximum Gasteiger partial charge on any atom is 0.256 e. The molecule has 0 unspecified atom stereocenters. The normalized spacial score (nSPS) is 10.8. The molecule has 0 amide bonds. The quantitative estimate of drug-likeness (QED) is 0.710. The molecule has 0 aliphatic heterocycles. The van der Waals surface area contributed by atoms with Crippen molar-refractivity contribution in [2.45, 2.75) is 13.8 Å². The molecule has 122 valence electrons. The first-order valence-corrected chi connectivity index (χ1v) is 7.75. The highest BCUT2D eigenvalue weighted by molar-refractivity contribution is 5.93. The fourth-order valence-corrected chi connectivity index (χ4v) is 2.78. The average Bonchev–Trinajstić information content (AvgIpc) is 2.54. The topological polar surface area (TPSA) is 42.1 Å². The number of halogens is 1. The molecule has 0 fully saturated rings. The van der Waals surface area contributed by atoms with Gasteiger partial charge in [-0.1, -0.05) is 18.7 Å². The van der Waals surface area contributed by atoms with E-state index in [0.29, 0.717) is 23.5 Å². The van der Waals surface area contributed by atoms with Crippen molar-refractivity contribution in [2.75, 3.05) is 6.61 Å². The largest absolute Gasteiger partial charge is 0.494 e. The molecule has 4 heteroatoms. The first-order chi connectivity index (χ1) is 11.5. The van der Waals surface area contributed by atoms with Gasteiger partial charge in [-0.3, -0.25) is 4.79 Å². The molecule has 3 rings (SSSR count). The van der Waals surface area contributed by atoms with E-state index in [4.69, 9.17) is 4.74 Å². The van der Waals surface area contributed by atoms with Gasteiger partial charge in [0.05, 0.1) is 6.61 Å². The highest BCUT2D eigenvalue weighted by atomic mass is 19.1. The Morgan fingerprint density at radius 3 is 2.58 bits per heavy atom. The van der Waals surface area contributed by atoms with Crippen LogP contribution in [0.2, 0.25) is 0 Å². The van der Waals surface area contributed by atoms with Crippen LogP contribution in [-0.2, 0) is 4.74 Å². The number of nitrogens with one attached hydrogen (secondary N) is 1. The van der Waals surface area contributed by atoms with Crippen LogP contribution in [0.15, 0.2) is 53.8 Å². The fourth-order valence-electron chi connectivity index (χ4n) is 2.78. The zero-order valence-electron chi connectivity index (χ0n) is 13.7. The molecule has 3 nitrogen and oxygen atoms in total. The lowest BCUT2D eigenvalue weighted by Crippen LogP contribution is -2.09. The lowest BCUT2D eigenvalue weighted by atomic mass is 9.99. The Labute approximate surface area is 139 Å². The van der Waals surface area contributed by atoms with Crippen LogP contribution < -0.4 is 5.56 Å². The van der Waals surface area contributed by atoms with Gasteiger partial charge in [0.25, 0.3) is 5.56 Å². The minimum absolute atomic E-state index is 0.215. The van der Waals surface area contributed by atoms with E-state index in [9.17, 15) is 9.18 Å². The zero-order valence-corrected chi connectivity index (χ0v) is 13.7. The average molecular weight is 323 g/mol. The van der Waals surface area contributed by atoms with Crippen LogP contribution in [0.5, 0.6) is 0 Å². The van der Waals surface area contributed by atoms with E-state index in [1.54, 1.807) is 18.2 Å². The first-order valence-electron chi connectivity index (χ1n) is 7.75. The number of ether oxygens (including phenoxy) is 1. The molecule has 24 heavy (non-hydrogen) atoms. The van der Waals surface area contributed by atoms with Crippen LogP contribution in [0, 0.1) is 12.7 Å². The lowest BCUT2D eigenvalue weighted by molar-refractivity contribution is 0.299. The monoisotopic (exact) mass is 323 g/mol. The van der Waals surface area contributed by atoms with E-state index < -0.39 is 0 Å². The van der Waals surface area contributed by atoms with Gasteiger partial charge in [-0.05, 0) is 55.3 Å². The van der Waals surface area contributed by atoms with Crippen molar-refractivity contribution in [3.05, 3.63) is 76.3 Å². The maximum absolute atomic E-state index is 13.1. The molecule has 2 aromatic carbocycles. The van der Waals surface area contributed by atoms with Crippen molar-refractivity contribution in [3.8, 4) is 11.1 Å². The molecule has 0 saturated carbocycles. The minimum Gasteiger partial charge on any atom is -0.494 e. The third kappa shape index (κ3) is 2.95.